The van der Waals surface area contributed by atoms with Crippen molar-refractivity contribution in [3.05, 3.63) is 59.7 Å². The monoisotopic (exact) mass is 582 g/mol. The molecule has 1 saturated heterocycles. The van der Waals surface area contributed by atoms with Gasteiger partial charge in [-0.25, -0.2) is 13.2 Å². The van der Waals surface area contributed by atoms with Crippen LogP contribution >= 0.6 is 0 Å². The van der Waals surface area contributed by atoms with Gasteiger partial charge in [0.2, 0.25) is 10.0 Å². The second-order valence-electron chi connectivity index (χ2n) is 11.5. The number of fused-ring (bicyclic) bond motifs is 1. The van der Waals surface area contributed by atoms with Crippen molar-refractivity contribution in [2.24, 2.45) is 0 Å². The van der Waals surface area contributed by atoms with Crippen molar-refractivity contribution >= 4 is 49.8 Å². The van der Waals surface area contributed by atoms with Crippen molar-refractivity contribution in [2.45, 2.75) is 52.2 Å². The van der Waals surface area contributed by atoms with Crippen molar-refractivity contribution in [1.29, 1.82) is 0 Å². The van der Waals surface area contributed by atoms with Gasteiger partial charge in [-0.05, 0) is 54.5 Å². The minimum atomic E-state index is -3.61. The lowest BCUT2D eigenvalue weighted by Gasteiger charge is -2.35. The average molecular weight is 583 g/mol. The number of carbonyl (C=O) groups is 2. The van der Waals surface area contributed by atoms with E-state index in [-0.39, 0.29) is 35.0 Å². The number of urea groups is 1. The molecule has 41 heavy (non-hydrogen) atoms. The van der Waals surface area contributed by atoms with Crippen molar-refractivity contribution in [1.82, 2.24) is 4.90 Å². The first-order chi connectivity index (χ1) is 19.2. The topological polar surface area (TPSA) is 126 Å². The van der Waals surface area contributed by atoms with Gasteiger partial charge in [-0.3, -0.25) is 9.52 Å². The highest BCUT2D eigenvalue weighted by atomic mass is 32.2. The molecule has 1 fully saturated rings. The lowest BCUT2D eigenvalue weighted by atomic mass is 9.86. The predicted molar refractivity (Wildman–Crippen MR) is 163 cm³/mol. The third kappa shape index (κ3) is 7.09. The number of carbonyl (C=O) groups excluding carboxylic acids is 2. The van der Waals surface area contributed by atoms with Gasteiger partial charge < -0.3 is 25.0 Å². The van der Waals surface area contributed by atoms with Crippen LogP contribution in [0, 0.1) is 0 Å². The molecule has 3 aromatic rings. The number of sulfonamides is 1. The van der Waals surface area contributed by atoms with E-state index in [1.165, 1.54) is 7.11 Å². The van der Waals surface area contributed by atoms with E-state index in [1.54, 1.807) is 29.2 Å². The van der Waals surface area contributed by atoms with Crippen LogP contribution in [0.4, 0.5) is 21.9 Å². The molecule has 11 heteroatoms. The van der Waals surface area contributed by atoms with E-state index in [2.05, 4.69) is 15.4 Å². The van der Waals surface area contributed by atoms with Gasteiger partial charge in [0.05, 0.1) is 42.6 Å². The van der Waals surface area contributed by atoms with E-state index in [0.29, 0.717) is 40.8 Å². The maximum absolute atomic E-state index is 13.5. The number of ether oxygens (including phenoxy) is 2. The second kappa shape index (κ2) is 11.6. The zero-order valence-corrected chi connectivity index (χ0v) is 25.3. The lowest BCUT2D eigenvalue weighted by Crippen LogP contribution is -2.48. The SMILES string of the molecule is COc1c(NC(=O)Nc2ccc(C(=O)N3C[C@@H](C)O[C@H](C)C3)c3ccccc23)cc(C(C)(C)C)cc1NS(C)(=O)=O. The van der Waals surface area contributed by atoms with E-state index in [4.69, 9.17) is 9.47 Å². The summed E-state index contributed by atoms with van der Waals surface area (Å²) in [5.74, 6) is 0.0900. The molecule has 0 radical (unpaired) electrons. The molecule has 2 atom stereocenters. The second-order valence-corrected chi connectivity index (χ2v) is 13.2. The number of benzene rings is 3. The summed E-state index contributed by atoms with van der Waals surface area (Å²) in [5, 5.41) is 7.12. The Balaban J connectivity index is 1.65. The van der Waals surface area contributed by atoms with Crippen LogP contribution in [0.2, 0.25) is 0 Å². The molecule has 1 aliphatic heterocycles. The molecule has 3 aromatic carbocycles. The van der Waals surface area contributed by atoms with Crippen molar-refractivity contribution in [3.8, 4) is 5.75 Å². The smallest absolute Gasteiger partial charge is 0.323 e. The number of hydrogen-bond acceptors (Lipinski definition) is 6. The van der Waals surface area contributed by atoms with Crippen molar-refractivity contribution in [2.75, 3.05) is 41.8 Å². The van der Waals surface area contributed by atoms with Gasteiger partial charge in [-0.1, -0.05) is 45.0 Å². The van der Waals surface area contributed by atoms with Crippen molar-refractivity contribution < 1.29 is 27.5 Å². The zero-order valence-electron chi connectivity index (χ0n) is 24.5. The standard InChI is InChI=1S/C30H38N4O6S/c1-18-16-34(17-19(2)40-18)28(35)23-12-13-24(22-11-9-8-10-21(22)23)31-29(36)32-25-14-20(30(3,4)5)15-26(27(25)39-6)33-41(7,37)38/h8-15,18-19,33H,16-17H2,1-7H3,(H2,31,32,36)/t18-,19-/m1/s1. The van der Waals surface area contributed by atoms with Gasteiger partial charge in [0, 0.05) is 24.0 Å². The molecule has 0 bridgehead atoms. The molecule has 0 aromatic heterocycles. The van der Waals surface area contributed by atoms with Crippen LogP contribution in [0.1, 0.15) is 50.5 Å². The van der Waals surface area contributed by atoms with Gasteiger partial charge in [-0.15, -0.1) is 0 Å². The van der Waals surface area contributed by atoms with Crippen LogP contribution in [-0.2, 0) is 20.2 Å². The van der Waals surface area contributed by atoms with E-state index >= 15 is 0 Å². The Labute approximate surface area is 241 Å². The summed E-state index contributed by atoms with van der Waals surface area (Å²) in [5.41, 5.74) is 2.03. The van der Waals surface area contributed by atoms with E-state index in [1.807, 2.05) is 58.9 Å². The lowest BCUT2D eigenvalue weighted by molar-refractivity contribution is -0.0585. The van der Waals surface area contributed by atoms with Gasteiger partial charge in [0.1, 0.15) is 0 Å². The Bertz CT molecular complexity index is 1570. The van der Waals surface area contributed by atoms with Gasteiger partial charge in [0.25, 0.3) is 5.91 Å². The predicted octanol–water partition coefficient (Wildman–Crippen LogP) is 5.41. The number of hydrogen-bond donors (Lipinski definition) is 3. The number of methoxy groups -OCH3 is 1. The van der Waals surface area contributed by atoms with E-state index in [0.717, 1.165) is 11.8 Å². The Morgan fingerprint density at radius 1 is 0.927 bits per heavy atom. The molecule has 3 amide bonds. The van der Waals surface area contributed by atoms with Gasteiger partial charge in [-0.2, -0.15) is 0 Å². The highest BCUT2D eigenvalue weighted by Gasteiger charge is 2.28. The molecule has 220 valence electrons. The largest absolute Gasteiger partial charge is 0.492 e. The molecule has 1 aliphatic rings. The first kappa shape index (κ1) is 30.1. The number of amides is 3. The summed E-state index contributed by atoms with van der Waals surface area (Å²) in [7, 11) is -2.21. The number of anilines is 3. The molecule has 0 spiro atoms. The third-order valence-corrected chi connectivity index (χ3v) is 7.40. The highest BCUT2D eigenvalue weighted by Crippen LogP contribution is 2.39. The first-order valence-corrected chi connectivity index (χ1v) is 15.3. The quantitative estimate of drug-likeness (QED) is 0.357. The minimum absolute atomic E-state index is 0.0551. The molecule has 0 unspecified atom stereocenters. The number of nitrogens with one attached hydrogen (secondary N) is 3. The molecule has 1 heterocycles. The Morgan fingerprint density at radius 3 is 2.10 bits per heavy atom. The fraction of sp³-hybridized carbons (Fsp3) is 0.400. The molecule has 0 aliphatic carbocycles. The summed E-state index contributed by atoms with van der Waals surface area (Å²) >= 11 is 0. The third-order valence-electron chi connectivity index (χ3n) is 6.81. The molecule has 0 saturated carbocycles. The fourth-order valence-electron chi connectivity index (χ4n) is 5.03. The van der Waals surface area contributed by atoms with E-state index < -0.39 is 16.1 Å². The Kier molecular flexibility index (Phi) is 8.51. The number of morpholine rings is 1. The number of rotatable bonds is 6. The maximum atomic E-state index is 13.5. The average Bonchev–Trinajstić information content (AvgIpc) is 2.86. The van der Waals surface area contributed by atoms with Crippen LogP contribution in [0.5, 0.6) is 5.75 Å². The highest BCUT2D eigenvalue weighted by molar-refractivity contribution is 7.92. The fourth-order valence-corrected chi connectivity index (χ4v) is 5.59. The molecular weight excluding hydrogens is 544 g/mol. The summed E-state index contributed by atoms with van der Waals surface area (Å²) in [6, 6.07) is 13.7. The zero-order chi connectivity index (χ0) is 30.1. The summed E-state index contributed by atoms with van der Waals surface area (Å²) in [6.45, 7) is 10.9. The Morgan fingerprint density at radius 2 is 1.51 bits per heavy atom. The van der Waals surface area contributed by atoms with Crippen LogP contribution in [-0.4, -0.2) is 63.9 Å². The molecule has 10 nitrogen and oxygen atoms in total. The summed E-state index contributed by atoms with van der Waals surface area (Å²) in [6.07, 6.45) is 0.941. The summed E-state index contributed by atoms with van der Waals surface area (Å²) in [4.78, 5) is 28.6. The maximum Gasteiger partial charge on any atom is 0.323 e. The number of nitrogens with zero attached hydrogens (tertiary/aromatic N) is 1. The first-order valence-electron chi connectivity index (χ1n) is 13.4. The normalized spacial score (nSPS) is 17.7. The minimum Gasteiger partial charge on any atom is -0.492 e. The van der Waals surface area contributed by atoms with Crippen LogP contribution < -0.4 is 20.1 Å². The van der Waals surface area contributed by atoms with Crippen LogP contribution in [0.15, 0.2) is 48.5 Å². The molecule has 3 N–H and O–H groups in total. The summed E-state index contributed by atoms with van der Waals surface area (Å²) < 4.78 is 37.8. The van der Waals surface area contributed by atoms with Gasteiger partial charge in [0.15, 0.2) is 5.75 Å². The van der Waals surface area contributed by atoms with E-state index in [9.17, 15) is 18.0 Å². The molecular formula is C30H38N4O6S. The van der Waals surface area contributed by atoms with Crippen LogP contribution in [0.3, 0.4) is 0 Å². The van der Waals surface area contributed by atoms with Gasteiger partial charge >= 0.3 is 6.03 Å². The van der Waals surface area contributed by atoms with Crippen molar-refractivity contribution in [3.63, 3.8) is 0 Å². The molecule has 4 rings (SSSR count). The Hall–Kier alpha value is -3.83. The van der Waals surface area contributed by atoms with Crippen LogP contribution in [0.25, 0.3) is 10.8 Å².